The zero-order chi connectivity index (χ0) is 15.6. The van der Waals surface area contributed by atoms with Crippen molar-refractivity contribution < 1.29 is 19.5 Å². The Balaban J connectivity index is 0.000000441. The van der Waals surface area contributed by atoms with Crippen molar-refractivity contribution >= 4 is 5.97 Å². The van der Waals surface area contributed by atoms with E-state index < -0.39 is 18.6 Å². The molecule has 0 heterocycles. The first-order valence-electron chi connectivity index (χ1n) is 6.36. The highest BCUT2D eigenvalue weighted by Crippen LogP contribution is 2.08. The van der Waals surface area contributed by atoms with Gasteiger partial charge >= 0.3 is 0 Å². The molecule has 1 atom stereocenters. The van der Waals surface area contributed by atoms with Gasteiger partial charge in [-0.05, 0) is 6.08 Å². The minimum atomic E-state index is -1.43. The fourth-order valence-electron chi connectivity index (χ4n) is 1.57. The van der Waals surface area contributed by atoms with Crippen LogP contribution in [0.15, 0.2) is 43.0 Å². The van der Waals surface area contributed by atoms with Crippen LogP contribution in [0.3, 0.4) is 0 Å². The van der Waals surface area contributed by atoms with Gasteiger partial charge in [-0.15, -0.1) is 0 Å². The van der Waals surface area contributed by atoms with Crippen LogP contribution >= 0.6 is 0 Å². The van der Waals surface area contributed by atoms with Crippen molar-refractivity contribution in [1.29, 1.82) is 0 Å². The van der Waals surface area contributed by atoms with Crippen LogP contribution in [0.4, 0.5) is 0 Å². The Morgan fingerprint density at radius 3 is 2.35 bits per heavy atom. The predicted molar refractivity (Wildman–Crippen MR) is 77.4 cm³/mol. The van der Waals surface area contributed by atoms with Crippen LogP contribution in [-0.2, 0) is 11.3 Å². The Kier molecular flexibility index (Phi) is 8.47. The number of carbonyl (C=O) groups is 1. The van der Waals surface area contributed by atoms with Gasteiger partial charge in [0.15, 0.2) is 0 Å². The molecule has 20 heavy (non-hydrogen) atoms. The van der Waals surface area contributed by atoms with Crippen molar-refractivity contribution in [2.45, 2.75) is 12.6 Å². The number of aliphatic hydroxyl groups is 1. The highest BCUT2D eigenvalue weighted by molar-refractivity contribution is 5.70. The van der Waals surface area contributed by atoms with Crippen molar-refractivity contribution in [3.8, 4) is 0 Å². The van der Waals surface area contributed by atoms with Crippen LogP contribution in [0, 0.1) is 0 Å². The Hall–Kier alpha value is -1.69. The molecule has 0 aliphatic rings. The molecule has 0 bridgehead atoms. The summed E-state index contributed by atoms with van der Waals surface area (Å²) in [6.45, 7) is 5.28. The summed E-state index contributed by atoms with van der Waals surface area (Å²) < 4.78 is 0.966. The zero-order valence-electron chi connectivity index (χ0n) is 12.2. The third kappa shape index (κ3) is 8.42. The Morgan fingerprint density at radius 1 is 1.45 bits per heavy atom. The molecule has 0 aliphatic carbocycles. The van der Waals surface area contributed by atoms with E-state index >= 15 is 0 Å². The summed E-state index contributed by atoms with van der Waals surface area (Å²) in [4.78, 5) is 9.53. The fourth-order valence-corrected chi connectivity index (χ4v) is 1.57. The van der Waals surface area contributed by atoms with E-state index in [0.717, 1.165) is 17.6 Å². The van der Waals surface area contributed by atoms with Crippen molar-refractivity contribution in [3.05, 3.63) is 48.6 Å². The standard InChI is InChI=1S/C12H18N.C3H7NO3/c1-4-10-13(2,3)11-12-8-6-5-7-9-12;4-2(1-5)3(6)7/h4-9H,1,10-11H2,2-3H3;2,5H,1,4H2,(H,6,7)/q+1;/p-1/t;2-/m.0/s1. The molecule has 0 saturated carbocycles. The van der Waals surface area contributed by atoms with Crippen LogP contribution in [0.25, 0.3) is 0 Å². The molecule has 5 heteroatoms. The average molecular weight is 280 g/mol. The van der Waals surface area contributed by atoms with Crippen LogP contribution in [0.2, 0.25) is 0 Å². The van der Waals surface area contributed by atoms with Crippen molar-refractivity contribution in [3.63, 3.8) is 0 Å². The van der Waals surface area contributed by atoms with Gasteiger partial charge in [0.1, 0.15) is 6.54 Å². The second-order valence-electron chi connectivity index (χ2n) is 5.16. The molecule has 1 rings (SSSR count). The molecule has 0 aromatic heterocycles. The van der Waals surface area contributed by atoms with Gasteiger partial charge in [0, 0.05) is 5.56 Å². The van der Waals surface area contributed by atoms with E-state index in [-0.39, 0.29) is 0 Å². The number of aliphatic hydroxyl groups excluding tert-OH is 1. The third-order valence-electron chi connectivity index (χ3n) is 2.58. The van der Waals surface area contributed by atoms with Gasteiger partial charge in [-0.25, -0.2) is 0 Å². The molecular weight excluding hydrogens is 256 g/mol. The molecule has 0 unspecified atom stereocenters. The summed E-state index contributed by atoms with van der Waals surface area (Å²) >= 11 is 0. The smallest absolute Gasteiger partial charge is 0.104 e. The number of carbonyl (C=O) groups excluding carboxylic acids is 1. The number of carboxylic acid groups (broad SMARTS) is 1. The Labute approximate surface area is 120 Å². The predicted octanol–water partition coefficient (Wildman–Crippen LogP) is -0.495. The molecule has 1 aromatic rings. The van der Waals surface area contributed by atoms with Crippen LogP contribution in [0.5, 0.6) is 0 Å². The molecule has 0 spiro atoms. The number of carboxylic acids is 1. The topological polar surface area (TPSA) is 86.4 Å². The van der Waals surface area contributed by atoms with Crippen molar-refractivity contribution in [2.75, 3.05) is 27.2 Å². The highest BCUT2D eigenvalue weighted by atomic mass is 16.4. The van der Waals surface area contributed by atoms with E-state index in [2.05, 4.69) is 51.0 Å². The fraction of sp³-hybridized carbons (Fsp3) is 0.400. The third-order valence-corrected chi connectivity index (χ3v) is 2.58. The molecule has 0 amide bonds. The lowest BCUT2D eigenvalue weighted by atomic mass is 10.2. The molecule has 0 aliphatic heterocycles. The first-order valence-corrected chi connectivity index (χ1v) is 6.36. The number of hydrogen-bond donors (Lipinski definition) is 2. The van der Waals surface area contributed by atoms with Gasteiger partial charge < -0.3 is 25.2 Å². The molecule has 1 aromatic carbocycles. The molecule has 3 N–H and O–H groups in total. The normalized spacial score (nSPS) is 12.0. The lowest BCUT2D eigenvalue weighted by Gasteiger charge is -2.28. The van der Waals surface area contributed by atoms with Crippen LogP contribution < -0.4 is 10.8 Å². The summed E-state index contributed by atoms with van der Waals surface area (Å²) in [5.74, 6) is -1.43. The zero-order valence-corrected chi connectivity index (χ0v) is 12.2. The second-order valence-corrected chi connectivity index (χ2v) is 5.16. The number of rotatable bonds is 6. The minimum Gasteiger partial charge on any atom is -0.548 e. The Bertz CT molecular complexity index is 405. The van der Waals surface area contributed by atoms with Gasteiger partial charge in [0.2, 0.25) is 0 Å². The number of nitrogens with two attached hydrogens (primary N) is 1. The number of aliphatic carboxylic acids is 1. The van der Waals surface area contributed by atoms with Gasteiger partial charge in [-0.1, -0.05) is 36.9 Å². The molecule has 0 radical (unpaired) electrons. The number of benzene rings is 1. The van der Waals surface area contributed by atoms with Crippen LogP contribution in [0.1, 0.15) is 5.56 Å². The number of quaternary nitrogens is 1. The monoisotopic (exact) mass is 280 g/mol. The quantitative estimate of drug-likeness (QED) is 0.543. The molecule has 0 saturated heterocycles. The first-order chi connectivity index (χ1) is 9.32. The summed E-state index contributed by atoms with van der Waals surface area (Å²) in [6, 6.07) is 9.33. The SMILES string of the molecule is C=CC[N+](C)(C)Cc1ccccc1.N[C@@H](CO)C(=O)[O-]. The molecule has 112 valence electrons. The maximum atomic E-state index is 9.53. The van der Waals surface area contributed by atoms with E-state index in [4.69, 9.17) is 10.8 Å². The van der Waals surface area contributed by atoms with E-state index in [0.29, 0.717) is 0 Å². The maximum Gasteiger partial charge on any atom is 0.104 e. The van der Waals surface area contributed by atoms with E-state index in [1.807, 2.05) is 6.08 Å². The van der Waals surface area contributed by atoms with Gasteiger partial charge in [-0.2, -0.15) is 0 Å². The Morgan fingerprint density at radius 2 is 2.00 bits per heavy atom. The van der Waals surface area contributed by atoms with Gasteiger partial charge in [-0.3, -0.25) is 0 Å². The van der Waals surface area contributed by atoms with Gasteiger partial charge in [0.25, 0.3) is 0 Å². The van der Waals surface area contributed by atoms with Crippen LogP contribution in [-0.4, -0.2) is 48.8 Å². The van der Waals surface area contributed by atoms with E-state index in [9.17, 15) is 9.90 Å². The maximum absolute atomic E-state index is 9.53. The second kappa shape index (κ2) is 9.25. The number of likely N-dealkylation sites (N-methyl/N-ethyl adjacent to an activating group) is 1. The van der Waals surface area contributed by atoms with Gasteiger partial charge in [0.05, 0.1) is 39.3 Å². The lowest BCUT2D eigenvalue weighted by Crippen LogP contribution is -2.44. The minimum absolute atomic E-state index is 0.567. The largest absolute Gasteiger partial charge is 0.548 e. The van der Waals surface area contributed by atoms with Crippen molar-refractivity contribution in [1.82, 2.24) is 0 Å². The summed E-state index contributed by atoms with van der Waals surface area (Å²) in [5.41, 5.74) is 6.09. The lowest BCUT2D eigenvalue weighted by molar-refractivity contribution is -0.897. The molecule has 5 nitrogen and oxygen atoms in total. The molecule has 0 fully saturated rings. The highest BCUT2D eigenvalue weighted by Gasteiger charge is 2.12. The average Bonchev–Trinajstić information content (AvgIpc) is 2.38. The van der Waals surface area contributed by atoms with E-state index in [1.165, 1.54) is 5.56 Å². The van der Waals surface area contributed by atoms with Crippen molar-refractivity contribution in [2.24, 2.45) is 5.73 Å². The summed E-state index contributed by atoms with van der Waals surface area (Å²) in [6.07, 6.45) is 1.98. The molecular formula is C15H24N2O3. The first kappa shape index (κ1) is 18.3. The summed E-state index contributed by atoms with van der Waals surface area (Å²) in [7, 11) is 4.43. The number of hydrogen-bond acceptors (Lipinski definition) is 4. The summed E-state index contributed by atoms with van der Waals surface area (Å²) in [5, 5.41) is 17.5. The van der Waals surface area contributed by atoms with E-state index in [1.54, 1.807) is 0 Å². The number of nitrogens with zero attached hydrogens (tertiary/aromatic N) is 1.